The molecule has 0 heterocycles. The molecule has 56 valence electrons. The van der Waals surface area contributed by atoms with Crippen molar-refractivity contribution in [2.24, 2.45) is 11.5 Å². The van der Waals surface area contributed by atoms with Gasteiger partial charge in [-0.15, -0.1) is 0 Å². The van der Waals surface area contributed by atoms with E-state index in [2.05, 4.69) is 12.2 Å². The Hall–Kier alpha value is -0.600. The minimum Gasteiger partial charge on any atom is -0.327 e. The molecule has 0 fully saturated rings. The van der Waals surface area contributed by atoms with Gasteiger partial charge in [-0.2, -0.15) is 0 Å². The Morgan fingerprint density at radius 2 is 2.10 bits per heavy atom. The minimum atomic E-state index is 0.642. The van der Waals surface area contributed by atoms with E-state index in [1.54, 1.807) is 0 Å². The molecular weight excluding hydrogens is 124 g/mol. The Balaban J connectivity index is 2.61. The van der Waals surface area contributed by atoms with Crippen molar-refractivity contribution in [2.45, 2.75) is 12.8 Å². The summed E-state index contributed by atoms with van der Waals surface area (Å²) in [6, 6.07) is 0. The molecule has 0 saturated heterocycles. The third kappa shape index (κ3) is 1.69. The molecule has 0 aliphatic heterocycles. The lowest BCUT2D eigenvalue weighted by atomic mass is 10.00. The Bertz CT molecular complexity index is 168. The summed E-state index contributed by atoms with van der Waals surface area (Å²) < 4.78 is 0. The molecule has 2 nitrogen and oxygen atoms in total. The standard InChI is InChI=1S/C8H14N2/c9-5-7-2-1-3-8(4-7)6-10/h2,4H,1,3,5-6,9-10H2. The Morgan fingerprint density at radius 1 is 1.30 bits per heavy atom. The van der Waals surface area contributed by atoms with E-state index >= 15 is 0 Å². The number of hydrogen-bond acceptors (Lipinski definition) is 2. The molecule has 1 rings (SSSR count). The van der Waals surface area contributed by atoms with Crippen LogP contribution in [0.4, 0.5) is 0 Å². The third-order valence-electron chi connectivity index (χ3n) is 1.76. The first kappa shape index (κ1) is 7.51. The molecule has 0 aromatic carbocycles. The van der Waals surface area contributed by atoms with E-state index in [9.17, 15) is 0 Å². The zero-order valence-corrected chi connectivity index (χ0v) is 6.14. The molecule has 0 unspecified atom stereocenters. The molecule has 10 heavy (non-hydrogen) atoms. The first-order valence-electron chi connectivity index (χ1n) is 3.65. The number of nitrogens with two attached hydrogens (primary N) is 2. The summed E-state index contributed by atoms with van der Waals surface area (Å²) in [4.78, 5) is 0. The summed E-state index contributed by atoms with van der Waals surface area (Å²) in [7, 11) is 0. The van der Waals surface area contributed by atoms with Gasteiger partial charge in [0.25, 0.3) is 0 Å². The van der Waals surface area contributed by atoms with Crippen LogP contribution in [-0.4, -0.2) is 13.1 Å². The highest BCUT2D eigenvalue weighted by Crippen LogP contribution is 2.14. The third-order valence-corrected chi connectivity index (χ3v) is 1.76. The molecular formula is C8H14N2. The lowest BCUT2D eigenvalue weighted by Crippen LogP contribution is -2.09. The fourth-order valence-corrected chi connectivity index (χ4v) is 1.14. The van der Waals surface area contributed by atoms with Crippen LogP contribution < -0.4 is 11.5 Å². The van der Waals surface area contributed by atoms with Gasteiger partial charge in [-0.05, 0) is 18.4 Å². The first-order chi connectivity index (χ1) is 4.86. The van der Waals surface area contributed by atoms with Crippen LogP contribution in [0.2, 0.25) is 0 Å². The van der Waals surface area contributed by atoms with Crippen molar-refractivity contribution in [3.63, 3.8) is 0 Å². The Kier molecular flexibility index (Phi) is 2.66. The summed E-state index contributed by atoms with van der Waals surface area (Å²) in [5.41, 5.74) is 13.5. The first-order valence-corrected chi connectivity index (χ1v) is 3.65. The number of rotatable bonds is 2. The van der Waals surface area contributed by atoms with Gasteiger partial charge < -0.3 is 11.5 Å². The van der Waals surface area contributed by atoms with Gasteiger partial charge in [-0.1, -0.05) is 17.7 Å². The summed E-state index contributed by atoms with van der Waals surface area (Å²) in [5.74, 6) is 0. The molecule has 2 heteroatoms. The summed E-state index contributed by atoms with van der Waals surface area (Å²) in [6.45, 7) is 1.32. The van der Waals surface area contributed by atoms with Crippen LogP contribution in [0.25, 0.3) is 0 Å². The lowest BCUT2D eigenvalue weighted by Gasteiger charge is -2.10. The van der Waals surface area contributed by atoms with Gasteiger partial charge in [0.1, 0.15) is 0 Å². The van der Waals surface area contributed by atoms with Crippen molar-refractivity contribution < 1.29 is 0 Å². The molecule has 0 aromatic rings. The predicted octanol–water partition coefficient (Wildman–Crippen LogP) is 0.550. The molecule has 1 aliphatic carbocycles. The molecule has 0 aromatic heterocycles. The van der Waals surface area contributed by atoms with Gasteiger partial charge in [-0.25, -0.2) is 0 Å². The average molecular weight is 138 g/mol. The highest BCUT2D eigenvalue weighted by atomic mass is 14.5. The summed E-state index contributed by atoms with van der Waals surface area (Å²) >= 11 is 0. The average Bonchev–Trinajstić information content (AvgIpc) is 2.05. The lowest BCUT2D eigenvalue weighted by molar-refractivity contribution is 0.894. The van der Waals surface area contributed by atoms with E-state index in [0.29, 0.717) is 13.1 Å². The quantitative estimate of drug-likeness (QED) is 0.585. The highest BCUT2D eigenvalue weighted by Gasteiger charge is 2.01. The van der Waals surface area contributed by atoms with Gasteiger partial charge in [0.05, 0.1) is 0 Å². The largest absolute Gasteiger partial charge is 0.327 e. The number of hydrogen-bond donors (Lipinski definition) is 2. The molecule has 4 N–H and O–H groups in total. The van der Waals surface area contributed by atoms with E-state index < -0.39 is 0 Å². The zero-order valence-electron chi connectivity index (χ0n) is 6.14. The molecule has 0 amide bonds. The number of allylic oxidation sites excluding steroid dienone is 1. The normalized spacial score (nSPS) is 18.2. The van der Waals surface area contributed by atoms with Crippen molar-refractivity contribution >= 4 is 0 Å². The topological polar surface area (TPSA) is 52.0 Å². The summed E-state index contributed by atoms with van der Waals surface area (Å²) in [6.07, 6.45) is 6.51. The van der Waals surface area contributed by atoms with Gasteiger partial charge in [0.2, 0.25) is 0 Å². The maximum atomic E-state index is 5.48. The van der Waals surface area contributed by atoms with E-state index in [1.165, 1.54) is 11.1 Å². The fourth-order valence-electron chi connectivity index (χ4n) is 1.14. The molecule has 1 aliphatic rings. The second-order valence-electron chi connectivity index (χ2n) is 2.53. The van der Waals surface area contributed by atoms with E-state index in [0.717, 1.165) is 12.8 Å². The van der Waals surface area contributed by atoms with Gasteiger partial charge >= 0.3 is 0 Å². The van der Waals surface area contributed by atoms with Crippen molar-refractivity contribution in [3.05, 3.63) is 23.3 Å². The Labute approximate surface area is 61.6 Å². The second kappa shape index (κ2) is 3.54. The van der Waals surface area contributed by atoms with Crippen LogP contribution in [0.3, 0.4) is 0 Å². The smallest absolute Gasteiger partial charge is 0.0174 e. The van der Waals surface area contributed by atoms with Gasteiger partial charge in [-0.3, -0.25) is 0 Å². The molecule has 0 bridgehead atoms. The summed E-state index contributed by atoms with van der Waals surface area (Å²) in [5, 5.41) is 0. The van der Waals surface area contributed by atoms with Crippen LogP contribution in [0, 0.1) is 0 Å². The van der Waals surface area contributed by atoms with Crippen molar-refractivity contribution in [1.82, 2.24) is 0 Å². The maximum absolute atomic E-state index is 5.48. The second-order valence-corrected chi connectivity index (χ2v) is 2.53. The molecule has 0 saturated carbocycles. The molecule has 0 atom stereocenters. The van der Waals surface area contributed by atoms with Gasteiger partial charge in [0.15, 0.2) is 0 Å². The van der Waals surface area contributed by atoms with E-state index in [1.807, 2.05) is 0 Å². The molecule has 0 radical (unpaired) electrons. The minimum absolute atomic E-state index is 0.642. The van der Waals surface area contributed by atoms with Crippen molar-refractivity contribution in [3.8, 4) is 0 Å². The van der Waals surface area contributed by atoms with Crippen LogP contribution in [0.15, 0.2) is 23.3 Å². The van der Waals surface area contributed by atoms with Crippen LogP contribution in [0.5, 0.6) is 0 Å². The van der Waals surface area contributed by atoms with Crippen LogP contribution >= 0.6 is 0 Å². The van der Waals surface area contributed by atoms with Crippen molar-refractivity contribution in [1.29, 1.82) is 0 Å². The monoisotopic (exact) mass is 138 g/mol. The molecule has 0 spiro atoms. The fraction of sp³-hybridized carbons (Fsp3) is 0.500. The van der Waals surface area contributed by atoms with Crippen molar-refractivity contribution in [2.75, 3.05) is 13.1 Å². The van der Waals surface area contributed by atoms with E-state index in [4.69, 9.17) is 11.5 Å². The SMILES string of the molecule is NCC1=CCCC(CN)=C1. The van der Waals surface area contributed by atoms with E-state index in [-0.39, 0.29) is 0 Å². The van der Waals surface area contributed by atoms with Crippen LogP contribution in [0.1, 0.15) is 12.8 Å². The maximum Gasteiger partial charge on any atom is 0.0174 e. The van der Waals surface area contributed by atoms with Crippen LogP contribution in [-0.2, 0) is 0 Å². The Morgan fingerprint density at radius 3 is 2.70 bits per heavy atom. The van der Waals surface area contributed by atoms with Gasteiger partial charge in [0, 0.05) is 13.1 Å². The highest BCUT2D eigenvalue weighted by molar-refractivity contribution is 5.29. The zero-order chi connectivity index (χ0) is 7.40. The predicted molar refractivity (Wildman–Crippen MR) is 43.5 cm³/mol.